The smallest absolute Gasteiger partial charge is 0.249 e. The quantitative estimate of drug-likeness (QED) is 0.333. The molecule has 6 rings (SSSR count). The van der Waals surface area contributed by atoms with Crippen LogP contribution < -0.4 is 14.8 Å². The van der Waals surface area contributed by atoms with Gasteiger partial charge >= 0.3 is 0 Å². The van der Waals surface area contributed by atoms with Crippen LogP contribution in [0.4, 0.5) is 0 Å². The fraction of sp³-hybridized carbons (Fsp3) is 0.333. The van der Waals surface area contributed by atoms with Crippen LogP contribution in [-0.2, 0) is 22.7 Å². The highest BCUT2D eigenvalue weighted by Crippen LogP contribution is 2.34. The molecule has 1 aliphatic carbocycles. The number of aromatic nitrogens is 5. The van der Waals surface area contributed by atoms with E-state index in [2.05, 4.69) is 25.7 Å². The molecule has 2 aliphatic rings. The number of pyridine rings is 1. The third-order valence-electron chi connectivity index (χ3n) is 7.35. The molecule has 2 amide bonds. The minimum absolute atomic E-state index is 0.0652. The van der Waals surface area contributed by atoms with Crippen LogP contribution in [0.1, 0.15) is 49.4 Å². The number of hydrogen-bond donors (Lipinski definition) is 1. The lowest BCUT2D eigenvalue weighted by Crippen LogP contribution is -2.48. The Morgan fingerprint density at radius 1 is 0.976 bits per heavy atom. The summed E-state index contributed by atoms with van der Waals surface area (Å²) in [6.07, 6.45) is 6.77. The van der Waals surface area contributed by atoms with E-state index >= 15 is 0 Å². The molecule has 11 nitrogen and oxygen atoms in total. The van der Waals surface area contributed by atoms with Crippen LogP contribution in [0.25, 0.3) is 11.4 Å². The van der Waals surface area contributed by atoms with Crippen LogP contribution in [0.3, 0.4) is 0 Å². The van der Waals surface area contributed by atoms with Crippen LogP contribution in [0.15, 0.2) is 72.9 Å². The van der Waals surface area contributed by atoms with E-state index < -0.39 is 6.04 Å². The zero-order valence-electron chi connectivity index (χ0n) is 22.6. The van der Waals surface area contributed by atoms with Crippen molar-refractivity contribution in [1.29, 1.82) is 0 Å². The van der Waals surface area contributed by atoms with Crippen molar-refractivity contribution in [2.45, 2.75) is 57.3 Å². The van der Waals surface area contributed by atoms with Crippen LogP contribution in [0.5, 0.6) is 11.5 Å². The number of fused-ring (bicyclic) bond motifs is 1. The van der Waals surface area contributed by atoms with E-state index in [0.717, 1.165) is 36.8 Å². The number of amides is 2. The summed E-state index contributed by atoms with van der Waals surface area (Å²) in [6, 6.07) is 19.4. The molecule has 1 N–H and O–H groups in total. The maximum Gasteiger partial charge on any atom is 0.249 e. The molecule has 0 unspecified atom stereocenters. The second kappa shape index (κ2) is 12.2. The minimum atomic E-state index is -0.965. The summed E-state index contributed by atoms with van der Waals surface area (Å²) in [6.45, 7) is 0.0724. The van der Waals surface area contributed by atoms with Gasteiger partial charge in [-0.1, -0.05) is 61.7 Å². The third kappa shape index (κ3) is 6.19. The average molecular weight is 554 g/mol. The van der Waals surface area contributed by atoms with Gasteiger partial charge in [-0.05, 0) is 47.9 Å². The summed E-state index contributed by atoms with van der Waals surface area (Å²) in [7, 11) is 0. The molecule has 1 atom stereocenters. The Labute approximate surface area is 237 Å². The predicted octanol–water partition coefficient (Wildman–Crippen LogP) is 3.68. The Kier molecular flexibility index (Phi) is 7.83. The molecule has 3 heterocycles. The van der Waals surface area contributed by atoms with Crippen molar-refractivity contribution in [3.63, 3.8) is 0 Å². The summed E-state index contributed by atoms with van der Waals surface area (Å²) < 4.78 is 11.0. The minimum Gasteiger partial charge on any atom is -0.454 e. The molecular formula is C30H31N7O4. The Hall–Kier alpha value is -4.80. The van der Waals surface area contributed by atoms with Crippen molar-refractivity contribution in [3.05, 3.63) is 84.2 Å². The van der Waals surface area contributed by atoms with Gasteiger partial charge in [-0.3, -0.25) is 14.6 Å². The van der Waals surface area contributed by atoms with Crippen molar-refractivity contribution in [2.75, 3.05) is 6.79 Å². The highest BCUT2D eigenvalue weighted by Gasteiger charge is 2.34. The summed E-state index contributed by atoms with van der Waals surface area (Å²) in [4.78, 5) is 35.3. The number of hydrogen-bond acceptors (Lipinski definition) is 8. The molecule has 11 heteroatoms. The molecule has 1 saturated carbocycles. The van der Waals surface area contributed by atoms with Gasteiger partial charge in [-0.15, -0.1) is 10.2 Å². The summed E-state index contributed by atoms with van der Waals surface area (Å²) in [5.41, 5.74) is 2.05. The fourth-order valence-corrected chi connectivity index (χ4v) is 5.28. The molecular weight excluding hydrogens is 522 g/mol. The van der Waals surface area contributed by atoms with Crippen LogP contribution >= 0.6 is 0 Å². The van der Waals surface area contributed by atoms with Crippen molar-refractivity contribution in [3.8, 4) is 22.9 Å². The molecule has 0 radical (unpaired) electrons. The van der Waals surface area contributed by atoms with Crippen molar-refractivity contribution in [1.82, 2.24) is 35.4 Å². The predicted molar refractivity (Wildman–Crippen MR) is 148 cm³/mol. The number of nitrogens with zero attached hydrogens (tertiary/aromatic N) is 6. The normalized spacial score (nSPS) is 15.3. The van der Waals surface area contributed by atoms with Gasteiger partial charge in [0.1, 0.15) is 6.54 Å². The highest BCUT2D eigenvalue weighted by atomic mass is 16.7. The number of nitrogens with one attached hydrogen (secondary N) is 1. The number of tetrazole rings is 1. The summed E-state index contributed by atoms with van der Waals surface area (Å²) in [5.74, 6) is 1.04. The molecule has 41 heavy (non-hydrogen) atoms. The number of carbonyl (C=O) groups excluding carboxylic acids is 2. The number of carbonyl (C=O) groups is 2. The summed E-state index contributed by atoms with van der Waals surface area (Å²) in [5, 5.41) is 15.9. The van der Waals surface area contributed by atoms with Crippen molar-refractivity contribution in [2.24, 2.45) is 0 Å². The van der Waals surface area contributed by atoms with Crippen LogP contribution in [-0.4, -0.2) is 54.7 Å². The molecule has 0 saturated heterocycles. The lowest BCUT2D eigenvalue weighted by atomic mass is 9.95. The van der Waals surface area contributed by atoms with E-state index in [1.165, 1.54) is 16.1 Å². The van der Waals surface area contributed by atoms with E-state index in [0.29, 0.717) is 23.0 Å². The first-order chi connectivity index (χ1) is 20.1. The topological polar surface area (TPSA) is 124 Å². The van der Waals surface area contributed by atoms with E-state index in [4.69, 9.17) is 9.47 Å². The Bertz CT molecular complexity index is 1490. The zero-order chi connectivity index (χ0) is 28.0. The molecule has 2 aromatic carbocycles. The third-order valence-corrected chi connectivity index (χ3v) is 7.35. The average Bonchev–Trinajstić information content (AvgIpc) is 3.68. The molecule has 1 aliphatic heterocycles. The Balaban J connectivity index is 1.32. The van der Waals surface area contributed by atoms with E-state index in [-0.39, 0.29) is 37.7 Å². The number of rotatable bonds is 9. The largest absolute Gasteiger partial charge is 0.454 e. The molecule has 2 aromatic heterocycles. The zero-order valence-corrected chi connectivity index (χ0v) is 22.6. The highest BCUT2D eigenvalue weighted by molar-refractivity contribution is 5.88. The Morgan fingerprint density at radius 2 is 1.78 bits per heavy atom. The lowest BCUT2D eigenvalue weighted by molar-refractivity contribution is -0.143. The number of benzene rings is 2. The van der Waals surface area contributed by atoms with Crippen molar-refractivity contribution < 1.29 is 19.1 Å². The van der Waals surface area contributed by atoms with Gasteiger partial charge in [0.2, 0.25) is 24.4 Å². The molecule has 0 bridgehead atoms. The van der Waals surface area contributed by atoms with Gasteiger partial charge in [0.25, 0.3) is 0 Å². The van der Waals surface area contributed by atoms with Gasteiger partial charge in [-0.25, -0.2) is 0 Å². The second-order valence-electron chi connectivity index (χ2n) is 10.2. The monoisotopic (exact) mass is 553 g/mol. The lowest BCUT2D eigenvalue weighted by Gasteiger charge is -2.32. The van der Waals surface area contributed by atoms with E-state index in [1.807, 2.05) is 54.6 Å². The first-order valence-electron chi connectivity index (χ1n) is 13.9. The molecule has 210 valence electrons. The first kappa shape index (κ1) is 26.4. The maximum absolute atomic E-state index is 14.0. The fourth-order valence-electron chi connectivity index (χ4n) is 5.28. The first-order valence-corrected chi connectivity index (χ1v) is 13.9. The molecule has 1 fully saturated rings. The maximum atomic E-state index is 14.0. The summed E-state index contributed by atoms with van der Waals surface area (Å²) >= 11 is 0. The van der Waals surface area contributed by atoms with E-state index in [9.17, 15) is 9.59 Å². The van der Waals surface area contributed by atoms with Crippen LogP contribution in [0.2, 0.25) is 0 Å². The van der Waals surface area contributed by atoms with Gasteiger partial charge in [0.05, 0.1) is 5.69 Å². The molecule has 4 aromatic rings. The van der Waals surface area contributed by atoms with Gasteiger partial charge in [-0.2, -0.15) is 4.80 Å². The SMILES string of the molecule is O=C(NC1CCCCC1)[C@H](c1ccccn1)N(Cc1ccc2c(c1)OCO2)C(=O)Cn1nnc(-c2ccccc2)n1. The van der Waals surface area contributed by atoms with E-state index in [1.54, 1.807) is 18.3 Å². The van der Waals surface area contributed by atoms with Gasteiger partial charge < -0.3 is 19.7 Å². The van der Waals surface area contributed by atoms with Crippen LogP contribution in [0, 0.1) is 0 Å². The molecule has 0 spiro atoms. The van der Waals surface area contributed by atoms with Crippen molar-refractivity contribution >= 4 is 11.8 Å². The standard InChI is InChI=1S/C30H31N7O4/c38-27(19-37-34-29(33-35-37)22-9-3-1-4-10-22)36(18-21-14-15-25-26(17-21)41-20-40-25)28(24-13-7-8-16-31-24)30(39)32-23-11-5-2-6-12-23/h1,3-4,7-10,13-17,23,28H,2,5-6,11-12,18-20H2,(H,32,39)/t28-/m0/s1. The van der Waals surface area contributed by atoms with Gasteiger partial charge in [0, 0.05) is 24.3 Å². The second-order valence-corrected chi connectivity index (χ2v) is 10.2. The number of ether oxygens (including phenoxy) is 2. The van der Waals surface area contributed by atoms with Gasteiger partial charge in [0.15, 0.2) is 17.5 Å². The Morgan fingerprint density at radius 3 is 2.59 bits per heavy atom.